The predicted octanol–water partition coefficient (Wildman–Crippen LogP) is 3.43. The van der Waals surface area contributed by atoms with E-state index in [9.17, 15) is 0 Å². The lowest BCUT2D eigenvalue weighted by atomic mass is 10.1. The summed E-state index contributed by atoms with van der Waals surface area (Å²) in [7, 11) is 0. The van der Waals surface area contributed by atoms with E-state index in [4.69, 9.17) is 0 Å². The van der Waals surface area contributed by atoms with Crippen molar-refractivity contribution in [3.8, 4) is 0 Å². The minimum Gasteiger partial charge on any atom is -0.248 e. The normalized spacial score (nSPS) is 24.9. The lowest BCUT2D eigenvalue weighted by Crippen LogP contribution is -2.43. The van der Waals surface area contributed by atoms with Crippen LogP contribution in [0.5, 0.6) is 0 Å². The van der Waals surface area contributed by atoms with Crippen molar-refractivity contribution < 1.29 is 0 Å². The van der Waals surface area contributed by atoms with Crippen molar-refractivity contribution in [3.63, 3.8) is 0 Å². The SMILES string of the molecule is Brc1ccc2c(c1)CCC2NN1CCCCC1. The lowest BCUT2D eigenvalue weighted by molar-refractivity contribution is 0.128. The van der Waals surface area contributed by atoms with E-state index < -0.39 is 0 Å². The topological polar surface area (TPSA) is 15.3 Å². The van der Waals surface area contributed by atoms with Crippen molar-refractivity contribution in [1.29, 1.82) is 0 Å². The van der Waals surface area contributed by atoms with Crippen LogP contribution in [0.15, 0.2) is 22.7 Å². The predicted molar refractivity (Wildman–Crippen MR) is 73.8 cm³/mol. The highest BCUT2D eigenvalue weighted by molar-refractivity contribution is 9.10. The minimum atomic E-state index is 0.538. The Hall–Kier alpha value is -0.380. The largest absolute Gasteiger partial charge is 0.248 e. The number of benzene rings is 1. The summed E-state index contributed by atoms with van der Waals surface area (Å²) in [6.45, 7) is 2.42. The Morgan fingerprint density at radius 1 is 1.18 bits per heavy atom. The zero-order valence-electron chi connectivity index (χ0n) is 10.1. The maximum absolute atomic E-state index is 3.71. The van der Waals surface area contributed by atoms with Crippen LogP contribution in [0.4, 0.5) is 0 Å². The third kappa shape index (κ3) is 2.56. The van der Waals surface area contributed by atoms with Crippen molar-refractivity contribution in [2.75, 3.05) is 13.1 Å². The standard InChI is InChI=1S/C14H19BrN2/c15-12-5-6-13-11(10-12)4-7-14(13)16-17-8-2-1-3-9-17/h5-6,10,14,16H,1-4,7-9H2. The average molecular weight is 295 g/mol. The summed E-state index contributed by atoms with van der Waals surface area (Å²) in [5, 5.41) is 2.42. The second kappa shape index (κ2) is 5.09. The molecule has 1 fully saturated rings. The number of fused-ring (bicyclic) bond motifs is 1. The van der Waals surface area contributed by atoms with Crippen molar-refractivity contribution in [3.05, 3.63) is 33.8 Å². The molecule has 2 nitrogen and oxygen atoms in total. The lowest BCUT2D eigenvalue weighted by Gasteiger charge is -2.30. The molecule has 92 valence electrons. The number of hydrogen-bond acceptors (Lipinski definition) is 2. The van der Waals surface area contributed by atoms with E-state index in [0.29, 0.717) is 6.04 Å². The van der Waals surface area contributed by atoms with Gasteiger partial charge >= 0.3 is 0 Å². The number of piperidine rings is 1. The highest BCUT2D eigenvalue weighted by Crippen LogP contribution is 2.33. The third-order valence-electron chi connectivity index (χ3n) is 3.88. The summed E-state index contributed by atoms with van der Waals surface area (Å²) < 4.78 is 1.20. The highest BCUT2D eigenvalue weighted by Gasteiger charge is 2.24. The average Bonchev–Trinajstić information content (AvgIpc) is 2.73. The van der Waals surface area contributed by atoms with E-state index in [2.05, 4.69) is 44.6 Å². The first-order valence-corrected chi connectivity index (χ1v) is 7.42. The second-order valence-electron chi connectivity index (χ2n) is 5.11. The molecule has 1 N–H and O–H groups in total. The molecule has 17 heavy (non-hydrogen) atoms. The molecule has 0 spiro atoms. The smallest absolute Gasteiger partial charge is 0.0470 e. The molecule has 3 heteroatoms. The summed E-state index contributed by atoms with van der Waals surface area (Å²) in [5.41, 5.74) is 6.72. The van der Waals surface area contributed by atoms with Crippen LogP contribution >= 0.6 is 15.9 Å². The summed E-state index contributed by atoms with van der Waals surface area (Å²) in [6, 6.07) is 7.24. The molecule has 0 saturated carbocycles. The first-order chi connectivity index (χ1) is 8.33. The Morgan fingerprint density at radius 2 is 2.00 bits per heavy atom. The summed E-state index contributed by atoms with van der Waals surface area (Å²) in [6.07, 6.45) is 6.52. The Labute approximate surface area is 111 Å². The molecule has 1 aromatic carbocycles. The fourth-order valence-corrected chi connectivity index (χ4v) is 3.37. The van der Waals surface area contributed by atoms with Gasteiger partial charge in [0.2, 0.25) is 0 Å². The number of nitrogens with zero attached hydrogens (tertiary/aromatic N) is 1. The van der Waals surface area contributed by atoms with E-state index in [1.165, 1.54) is 60.8 Å². The van der Waals surface area contributed by atoms with Gasteiger partial charge in [0.1, 0.15) is 0 Å². The molecule has 0 bridgehead atoms. The fourth-order valence-electron chi connectivity index (χ4n) is 2.96. The summed E-state index contributed by atoms with van der Waals surface area (Å²) >= 11 is 3.55. The molecule has 1 saturated heterocycles. The van der Waals surface area contributed by atoms with Gasteiger partial charge in [0.15, 0.2) is 0 Å². The monoisotopic (exact) mass is 294 g/mol. The molecule has 1 aromatic rings. The minimum absolute atomic E-state index is 0.538. The van der Waals surface area contributed by atoms with Crippen molar-refractivity contribution in [2.24, 2.45) is 0 Å². The molecule has 1 aliphatic heterocycles. The van der Waals surface area contributed by atoms with Crippen LogP contribution < -0.4 is 5.43 Å². The molecule has 3 rings (SSSR count). The van der Waals surface area contributed by atoms with Crippen molar-refractivity contribution >= 4 is 15.9 Å². The van der Waals surface area contributed by atoms with E-state index in [1.54, 1.807) is 0 Å². The van der Waals surface area contributed by atoms with Gasteiger partial charge in [0, 0.05) is 23.6 Å². The maximum Gasteiger partial charge on any atom is 0.0470 e. The van der Waals surface area contributed by atoms with Crippen LogP contribution in [-0.2, 0) is 6.42 Å². The Bertz CT molecular complexity index is 399. The van der Waals surface area contributed by atoms with Crippen molar-refractivity contribution in [2.45, 2.75) is 38.1 Å². The molecule has 1 unspecified atom stereocenters. The molecular weight excluding hydrogens is 276 g/mol. The molecule has 1 atom stereocenters. The van der Waals surface area contributed by atoms with Gasteiger partial charge < -0.3 is 0 Å². The van der Waals surface area contributed by atoms with Crippen LogP contribution in [0.1, 0.15) is 42.9 Å². The third-order valence-corrected chi connectivity index (χ3v) is 4.37. The van der Waals surface area contributed by atoms with Gasteiger partial charge in [-0.15, -0.1) is 0 Å². The second-order valence-corrected chi connectivity index (χ2v) is 6.03. The van der Waals surface area contributed by atoms with Gasteiger partial charge in [-0.1, -0.05) is 28.4 Å². The first-order valence-electron chi connectivity index (χ1n) is 6.62. The number of hydrazine groups is 1. The highest BCUT2D eigenvalue weighted by atomic mass is 79.9. The number of halogens is 1. The van der Waals surface area contributed by atoms with E-state index in [0.717, 1.165) is 0 Å². The van der Waals surface area contributed by atoms with Crippen LogP contribution in [0.25, 0.3) is 0 Å². The number of nitrogens with one attached hydrogen (secondary N) is 1. The molecule has 0 amide bonds. The van der Waals surface area contributed by atoms with Crippen LogP contribution in [0, 0.1) is 0 Å². The number of hydrogen-bond donors (Lipinski definition) is 1. The molecule has 1 aliphatic carbocycles. The Kier molecular flexibility index (Phi) is 3.50. The molecule has 1 heterocycles. The zero-order valence-corrected chi connectivity index (χ0v) is 11.7. The summed E-state index contributed by atoms with van der Waals surface area (Å²) in [5.74, 6) is 0. The van der Waals surface area contributed by atoms with Gasteiger partial charge in [-0.05, 0) is 48.9 Å². The zero-order chi connectivity index (χ0) is 11.7. The van der Waals surface area contributed by atoms with Crippen LogP contribution in [0.2, 0.25) is 0 Å². The van der Waals surface area contributed by atoms with E-state index in [-0.39, 0.29) is 0 Å². The Balaban J connectivity index is 1.70. The number of rotatable bonds is 2. The van der Waals surface area contributed by atoms with Gasteiger partial charge in [-0.25, -0.2) is 10.4 Å². The molecule has 0 aromatic heterocycles. The van der Waals surface area contributed by atoms with Crippen molar-refractivity contribution in [1.82, 2.24) is 10.4 Å². The molecule has 0 radical (unpaired) electrons. The van der Waals surface area contributed by atoms with E-state index in [1.807, 2.05) is 0 Å². The molecular formula is C14H19BrN2. The van der Waals surface area contributed by atoms with E-state index >= 15 is 0 Å². The fraction of sp³-hybridized carbons (Fsp3) is 0.571. The maximum atomic E-state index is 3.71. The van der Waals surface area contributed by atoms with Gasteiger partial charge in [-0.3, -0.25) is 0 Å². The van der Waals surface area contributed by atoms with Gasteiger partial charge in [-0.2, -0.15) is 0 Å². The quantitative estimate of drug-likeness (QED) is 0.899. The number of aryl methyl sites for hydroxylation is 1. The summed E-state index contributed by atoms with van der Waals surface area (Å²) in [4.78, 5) is 0. The van der Waals surface area contributed by atoms with Gasteiger partial charge in [0.05, 0.1) is 0 Å². The van der Waals surface area contributed by atoms with Crippen LogP contribution in [-0.4, -0.2) is 18.1 Å². The van der Waals surface area contributed by atoms with Crippen LogP contribution in [0.3, 0.4) is 0 Å². The Morgan fingerprint density at radius 3 is 2.82 bits per heavy atom. The molecule has 2 aliphatic rings. The first kappa shape index (κ1) is 11.7. The van der Waals surface area contributed by atoms with Gasteiger partial charge in [0.25, 0.3) is 0 Å².